The summed E-state index contributed by atoms with van der Waals surface area (Å²) in [6, 6.07) is 8.39. The minimum atomic E-state index is -4.61. The van der Waals surface area contributed by atoms with E-state index in [9.17, 15) is 22.8 Å². The minimum Gasteiger partial charge on any atom is -0.350 e. The van der Waals surface area contributed by atoms with Crippen LogP contribution in [0.15, 0.2) is 41.2 Å². The molecule has 1 N–H and O–H groups in total. The highest BCUT2D eigenvalue weighted by Crippen LogP contribution is 2.33. The maximum absolute atomic E-state index is 13.6. The molecule has 3 rings (SSSR count). The summed E-state index contributed by atoms with van der Waals surface area (Å²) < 4.78 is 43.3. The maximum Gasteiger partial charge on any atom is 0.416 e. The first-order valence-electron chi connectivity index (χ1n) is 9.10. The van der Waals surface area contributed by atoms with E-state index in [-0.39, 0.29) is 24.3 Å². The molecule has 7 nitrogen and oxygen atoms in total. The smallest absolute Gasteiger partial charge is 0.350 e. The third kappa shape index (κ3) is 4.76. The highest BCUT2D eigenvalue weighted by molar-refractivity contribution is 5.75. The predicted molar refractivity (Wildman–Crippen MR) is 103 cm³/mol. The zero-order valence-electron chi connectivity index (χ0n) is 16.6. The van der Waals surface area contributed by atoms with E-state index in [0.29, 0.717) is 17.1 Å². The Labute approximate surface area is 170 Å². The Kier molecular flexibility index (Phi) is 5.77. The van der Waals surface area contributed by atoms with Crippen molar-refractivity contribution in [1.82, 2.24) is 24.9 Å². The van der Waals surface area contributed by atoms with Crippen molar-refractivity contribution in [3.63, 3.8) is 0 Å². The molecule has 0 fully saturated rings. The Hall–Kier alpha value is -3.43. The predicted octanol–water partition coefficient (Wildman–Crippen LogP) is 2.69. The Balaban J connectivity index is 1.81. The van der Waals surface area contributed by atoms with Crippen LogP contribution < -0.4 is 10.9 Å². The number of aryl methyl sites for hydroxylation is 3. The first-order chi connectivity index (χ1) is 14.0. The molecule has 0 unspecified atom stereocenters. The molecule has 2 aromatic heterocycles. The summed E-state index contributed by atoms with van der Waals surface area (Å²) in [5.41, 5.74) is 0.792. The molecule has 158 valence electrons. The molecule has 0 saturated heterocycles. The SMILES string of the molecule is Cc1cc(C)n(-c2ccc(CNC(=O)Cn3nc(C)ccc3=O)c(C(F)(F)F)c2)n1. The fourth-order valence-corrected chi connectivity index (χ4v) is 3.05. The van der Waals surface area contributed by atoms with Gasteiger partial charge in [0.2, 0.25) is 5.91 Å². The number of halogens is 3. The average Bonchev–Trinajstić information content (AvgIpc) is 3.00. The van der Waals surface area contributed by atoms with Crippen LogP contribution >= 0.6 is 0 Å². The molecular weight excluding hydrogens is 399 g/mol. The van der Waals surface area contributed by atoms with E-state index in [1.165, 1.54) is 28.9 Å². The number of hydrogen-bond acceptors (Lipinski definition) is 4. The lowest BCUT2D eigenvalue weighted by atomic mass is 10.1. The molecule has 0 aliphatic rings. The monoisotopic (exact) mass is 419 g/mol. The number of rotatable bonds is 5. The van der Waals surface area contributed by atoms with Gasteiger partial charge in [-0.3, -0.25) is 9.59 Å². The molecule has 0 atom stereocenters. The van der Waals surface area contributed by atoms with E-state index < -0.39 is 23.2 Å². The van der Waals surface area contributed by atoms with Gasteiger partial charge < -0.3 is 5.32 Å². The quantitative estimate of drug-likeness (QED) is 0.690. The average molecular weight is 419 g/mol. The Morgan fingerprint density at radius 1 is 1.03 bits per heavy atom. The Bertz CT molecular complexity index is 1150. The van der Waals surface area contributed by atoms with Crippen molar-refractivity contribution in [1.29, 1.82) is 0 Å². The number of aromatic nitrogens is 4. The first kappa shape index (κ1) is 21.3. The van der Waals surface area contributed by atoms with Gasteiger partial charge in [-0.25, -0.2) is 9.36 Å². The molecular formula is C20H20F3N5O2. The van der Waals surface area contributed by atoms with E-state index in [1.54, 1.807) is 26.8 Å². The van der Waals surface area contributed by atoms with E-state index in [2.05, 4.69) is 15.5 Å². The third-order valence-corrected chi connectivity index (χ3v) is 4.42. The second-order valence-corrected chi connectivity index (χ2v) is 6.93. The van der Waals surface area contributed by atoms with Crippen LogP contribution in [0, 0.1) is 20.8 Å². The van der Waals surface area contributed by atoms with Crippen molar-refractivity contribution in [2.75, 3.05) is 0 Å². The molecule has 0 saturated carbocycles. The normalized spacial score (nSPS) is 11.5. The summed E-state index contributed by atoms with van der Waals surface area (Å²) in [6.07, 6.45) is -4.61. The number of nitrogens with zero attached hydrogens (tertiary/aromatic N) is 4. The van der Waals surface area contributed by atoms with Gasteiger partial charge >= 0.3 is 6.18 Å². The van der Waals surface area contributed by atoms with Gasteiger partial charge in [0.05, 0.1) is 22.6 Å². The molecule has 10 heteroatoms. The van der Waals surface area contributed by atoms with Crippen LogP contribution in [-0.2, 0) is 24.1 Å². The highest BCUT2D eigenvalue weighted by atomic mass is 19.4. The Morgan fingerprint density at radius 2 is 1.77 bits per heavy atom. The van der Waals surface area contributed by atoms with E-state index in [1.807, 2.05) is 0 Å². The van der Waals surface area contributed by atoms with Crippen LogP contribution in [0.2, 0.25) is 0 Å². The van der Waals surface area contributed by atoms with Gasteiger partial charge in [-0.15, -0.1) is 0 Å². The number of carbonyl (C=O) groups excluding carboxylic acids is 1. The first-order valence-corrected chi connectivity index (χ1v) is 9.10. The number of alkyl halides is 3. The molecule has 0 radical (unpaired) electrons. The van der Waals surface area contributed by atoms with Crippen LogP contribution in [-0.4, -0.2) is 25.5 Å². The van der Waals surface area contributed by atoms with Crippen LogP contribution in [0.1, 0.15) is 28.2 Å². The van der Waals surface area contributed by atoms with Crippen molar-refractivity contribution in [3.05, 3.63) is 75.0 Å². The van der Waals surface area contributed by atoms with E-state index in [0.717, 1.165) is 10.7 Å². The third-order valence-electron chi connectivity index (χ3n) is 4.42. The topological polar surface area (TPSA) is 81.8 Å². The van der Waals surface area contributed by atoms with Gasteiger partial charge in [0.15, 0.2) is 0 Å². The van der Waals surface area contributed by atoms with Crippen molar-refractivity contribution < 1.29 is 18.0 Å². The largest absolute Gasteiger partial charge is 0.416 e. The van der Waals surface area contributed by atoms with Crippen molar-refractivity contribution in [2.45, 2.75) is 40.0 Å². The van der Waals surface area contributed by atoms with E-state index in [4.69, 9.17) is 0 Å². The summed E-state index contributed by atoms with van der Waals surface area (Å²) in [5, 5.41) is 10.6. The zero-order valence-corrected chi connectivity index (χ0v) is 16.6. The fraction of sp³-hybridized carbons (Fsp3) is 0.300. The van der Waals surface area contributed by atoms with Gasteiger partial charge in [0, 0.05) is 18.3 Å². The molecule has 1 amide bonds. The molecule has 1 aromatic carbocycles. The molecule has 0 aliphatic carbocycles. The van der Waals surface area contributed by atoms with Crippen LogP contribution in [0.25, 0.3) is 5.69 Å². The number of benzene rings is 1. The summed E-state index contributed by atoms with van der Waals surface area (Å²) in [6.45, 7) is 4.44. The lowest BCUT2D eigenvalue weighted by molar-refractivity contribution is -0.138. The summed E-state index contributed by atoms with van der Waals surface area (Å²) in [4.78, 5) is 23.9. The number of amides is 1. The maximum atomic E-state index is 13.6. The van der Waals surface area contributed by atoms with Gasteiger partial charge in [0.25, 0.3) is 5.56 Å². The van der Waals surface area contributed by atoms with Gasteiger partial charge in [-0.2, -0.15) is 23.4 Å². The van der Waals surface area contributed by atoms with Crippen LogP contribution in [0.4, 0.5) is 13.2 Å². The van der Waals surface area contributed by atoms with Gasteiger partial charge in [-0.05, 0) is 50.6 Å². The van der Waals surface area contributed by atoms with E-state index >= 15 is 0 Å². The Morgan fingerprint density at radius 3 is 2.40 bits per heavy atom. The van der Waals surface area contributed by atoms with Crippen LogP contribution in [0.5, 0.6) is 0 Å². The zero-order chi connectivity index (χ0) is 22.1. The summed E-state index contributed by atoms with van der Waals surface area (Å²) in [5.74, 6) is -0.619. The molecule has 2 heterocycles. The second-order valence-electron chi connectivity index (χ2n) is 6.93. The lowest BCUT2D eigenvalue weighted by Gasteiger charge is -2.16. The van der Waals surface area contributed by atoms with Gasteiger partial charge in [-0.1, -0.05) is 6.07 Å². The van der Waals surface area contributed by atoms with Crippen molar-refractivity contribution >= 4 is 5.91 Å². The standard InChI is InChI=1S/C20H20F3N5O2/c1-12-4-7-19(30)27(25-12)11-18(29)24-10-15-5-6-16(9-17(15)20(21,22)23)28-14(3)8-13(2)26-28/h4-9H,10-11H2,1-3H3,(H,24,29). The molecule has 0 bridgehead atoms. The lowest BCUT2D eigenvalue weighted by Crippen LogP contribution is -2.33. The summed E-state index contributed by atoms with van der Waals surface area (Å²) >= 11 is 0. The van der Waals surface area contributed by atoms with Crippen molar-refractivity contribution in [2.24, 2.45) is 0 Å². The molecule has 3 aromatic rings. The fourth-order valence-electron chi connectivity index (χ4n) is 3.05. The van der Waals surface area contributed by atoms with Crippen LogP contribution in [0.3, 0.4) is 0 Å². The molecule has 0 spiro atoms. The number of nitrogens with one attached hydrogen (secondary N) is 1. The number of carbonyl (C=O) groups is 1. The summed E-state index contributed by atoms with van der Waals surface area (Å²) in [7, 11) is 0. The molecule has 0 aliphatic heterocycles. The highest BCUT2D eigenvalue weighted by Gasteiger charge is 2.34. The molecule has 30 heavy (non-hydrogen) atoms. The van der Waals surface area contributed by atoms with Crippen molar-refractivity contribution in [3.8, 4) is 5.69 Å². The number of hydrogen-bond donors (Lipinski definition) is 1. The van der Waals surface area contributed by atoms with Gasteiger partial charge in [0.1, 0.15) is 6.54 Å². The second kappa shape index (κ2) is 8.13. The minimum absolute atomic E-state index is 0.0920.